The minimum Gasteiger partial charge on any atom is -0.478 e. The largest absolute Gasteiger partial charge is 0.478 e. The summed E-state index contributed by atoms with van der Waals surface area (Å²) in [6, 6.07) is 0. The van der Waals surface area contributed by atoms with E-state index < -0.39 is 12.1 Å². The van der Waals surface area contributed by atoms with E-state index in [0.717, 1.165) is 0 Å². The van der Waals surface area contributed by atoms with Crippen molar-refractivity contribution in [3.8, 4) is 0 Å². The Kier molecular flexibility index (Phi) is 4.52. The second kappa shape index (κ2) is 5.17. The monoisotopic (exact) mass is 173 g/mol. The van der Waals surface area contributed by atoms with Crippen LogP contribution in [0.2, 0.25) is 0 Å². The smallest absolute Gasteiger partial charge is 0.404 e. The van der Waals surface area contributed by atoms with E-state index in [2.05, 4.69) is 11.9 Å². The maximum absolute atomic E-state index is 10.2. The summed E-state index contributed by atoms with van der Waals surface area (Å²) in [6.45, 7) is 3.55. The van der Waals surface area contributed by atoms with Crippen molar-refractivity contribution in [2.75, 3.05) is 6.54 Å². The van der Waals surface area contributed by atoms with Crippen molar-refractivity contribution in [2.24, 2.45) is 0 Å². The number of carboxylic acids is 1. The SMILES string of the molecule is C=C(CCCNC(=O)O)C(=O)O. The quantitative estimate of drug-likeness (QED) is 0.421. The number of amides is 1. The highest BCUT2D eigenvalue weighted by atomic mass is 16.4. The molecule has 0 bridgehead atoms. The lowest BCUT2D eigenvalue weighted by molar-refractivity contribution is -0.132. The van der Waals surface area contributed by atoms with Crippen LogP contribution in [0.15, 0.2) is 12.2 Å². The van der Waals surface area contributed by atoms with E-state index in [0.29, 0.717) is 12.8 Å². The van der Waals surface area contributed by atoms with E-state index in [-0.39, 0.29) is 12.1 Å². The summed E-state index contributed by atoms with van der Waals surface area (Å²) in [4.78, 5) is 20.1. The maximum atomic E-state index is 10.2. The lowest BCUT2D eigenvalue weighted by atomic mass is 10.2. The predicted molar refractivity (Wildman–Crippen MR) is 42.0 cm³/mol. The van der Waals surface area contributed by atoms with E-state index in [4.69, 9.17) is 10.2 Å². The summed E-state index contributed by atoms with van der Waals surface area (Å²) in [7, 11) is 0. The van der Waals surface area contributed by atoms with Crippen molar-refractivity contribution in [1.29, 1.82) is 0 Å². The molecule has 0 saturated heterocycles. The molecule has 0 saturated carbocycles. The van der Waals surface area contributed by atoms with Gasteiger partial charge in [-0.2, -0.15) is 0 Å². The number of carboxylic acid groups (broad SMARTS) is 2. The molecule has 0 aromatic heterocycles. The van der Waals surface area contributed by atoms with Crippen LogP contribution in [0, 0.1) is 0 Å². The fourth-order valence-corrected chi connectivity index (χ4v) is 0.604. The van der Waals surface area contributed by atoms with Gasteiger partial charge in [0.15, 0.2) is 0 Å². The van der Waals surface area contributed by atoms with E-state index >= 15 is 0 Å². The van der Waals surface area contributed by atoms with Crippen LogP contribution in [-0.2, 0) is 4.79 Å². The van der Waals surface area contributed by atoms with Crippen molar-refractivity contribution in [1.82, 2.24) is 5.32 Å². The zero-order valence-electron chi connectivity index (χ0n) is 6.54. The van der Waals surface area contributed by atoms with Crippen LogP contribution >= 0.6 is 0 Å². The van der Waals surface area contributed by atoms with Gasteiger partial charge in [0.2, 0.25) is 0 Å². The van der Waals surface area contributed by atoms with Gasteiger partial charge in [-0.1, -0.05) is 6.58 Å². The minimum absolute atomic E-state index is 0.0992. The first-order chi connectivity index (χ1) is 5.54. The summed E-state index contributed by atoms with van der Waals surface area (Å²) in [5.74, 6) is -1.04. The number of hydrogen-bond donors (Lipinski definition) is 3. The Morgan fingerprint density at radius 1 is 1.33 bits per heavy atom. The highest BCUT2D eigenvalue weighted by molar-refractivity contribution is 5.85. The van der Waals surface area contributed by atoms with E-state index in [1.165, 1.54) is 0 Å². The molecule has 0 aliphatic rings. The Labute approximate surface area is 69.7 Å². The summed E-state index contributed by atoms with van der Waals surface area (Å²) in [6.07, 6.45) is -0.344. The van der Waals surface area contributed by atoms with Gasteiger partial charge in [-0.3, -0.25) is 0 Å². The fourth-order valence-electron chi connectivity index (χ4n) is 0.604. The molecule has 0 aromatic carbocycles. The third-order valence-corrected chi connectivity index (χ3v) is 1.23. The van der Waals surface area contributed by atoms with Crippen LogP contribution in [-0.4, -0.2) is 28.8 Å². The molecule has 0 unspecified atom stereocenters. The van der Waals surface area contributed by atoms with Crippen molar-refractivity contribution in [3.05, 3.63) is 12.2 Å². The molecule has 3 N–H and O–H groups in total. The highest BCUT2D eigenvalue weighted by Crippen LogP contribution is 2.00. The predicted octanol–water partition coefficient (Wildman–Crippen LogP) is 0.675. The molecule has 0 aromatic rings. The van der Waals surface area contributed by atoms with Crippen LogP contribution in [0.5, 0.6) is 0 Å². The second-order valence-corrected chi connectivity index (χ2v) is 2.24. The molecule has 0 radical (unpaired) electrons. The van der Waals surface area contributed by atoms with Gasteiger partial charge in [0.25, 0.3) is 0 Å². The molecule has 68 valence electrons. The summed E-state index contributed by atoms with van der Waals surface area (Å²) < 4.78 is 0. The minimum atomic E-state index is -1.10. The highest BCUT2D eigenvalue weighted by Gasteiger charge is 2.02. The van der Waals surface area contributed by atoms with Gasteiger partial charge in [0, 0.05) is 12.1 Å². The second-order valence-electron chi connectivity index (χ2n) is 2.24. The number of rotatable bonds is 5. The summed E-state index contributed by atoms with van der Waals surface area (Å²) in [5, 5.41) is 18.6. The van der Waals surface area contributed by atoms with Gasteiger partial charge in [-0.15, -0.1) is 0 Å². The Hall–Kier alpha value is -1.52. The molecule has 0 fully saturated rings. The van der Waals surface area contributed by atoms with E-state index in [1.54, 1.807) is 0 Å². The average molecular weight is 173 g/mol. The third-order valence-electron chi connectivity index (χ3n) is 1.23. The Morgan fingerprint density at radius 2 is 1.92 bits per heavy atom. The van der Waals surface area contributed by atoms with Gasteiger partial charge in [0.05, 0.1) is 0 Å². The fraction of sp³-hybridized carbons (Fsp3) is 0.429. The number of hydrogen-bond acceptors (Lipinski definition) is 2. The first-order valence-corrected chi connectivity index (χ1v) is 3.42. The van der Waals surface area contributed by atoms with Crippen LogP contribution in [0.1, 0.15) is 12.8 Å². The van der Waals surface area contributed by atoms with Crippen LogP contribution in [0.3, 0.4) is 0 Å². The van der Waals surface area contributed by atoms with Crippen molar-refractivity contribution in [3.63, 3.8) is 0 Å². The van der Waals surface area contributed by atoms with Crippen molar-refractivity contribution >= 4 is 12.1 Å². The molecule has 5 heteroatoms. The molecule has 12 heavy (non-hydrogen) atoms. The Morgan fingerprint density at radius 3 is 2.33 bits per heavy atom. The van der Waals surface area contributed by atoms with E-state index in [1.807, 2.05) is 0 Å². The standard InChI is InChI=1S/C7H11NO4/c1-5(6(9)10)3-2-4-8-7(11)12/h8H,1-4H2,(H,9,10)(H,11,12). The molecule has 1 amide bonds. The lowest BCUT2D eigenvalue weighted by Crippen LogP contribution is -2.22. The first-order valence-electron chi connectivity index (χ1n) is 3.42. The Bertz CT molecular complexity index is 200. The zero-order chi connectivity index (χ0) is 9.56. The number of nitrogens with one attached hydrogen (secondary N) is 1. The van der Waals surface area contributed by atoms with Crippen LogP contribution < -0.4 is 5.32 Å². The molecular formula is C7H11NO4. The van der Waals surface area contributed by atoms with Crippen molar-refractivity contribution in [2.45, 2.75) is 12.8 Å². The lowest BCUT2D eigenvalue weighted by Gasteiger charge is -2.00. The van der Waals surface area contributed by atoms with Gasteiger partial charge in [0.1, 0.15) is 0 Å². The molecule has 0 heterocycles. The van der Waals surface area contributed by atoms with Crippen molar-refractivity contribution < 1.29 is 19.8 Å². The number of carbonyl (C=O) groups is 2. The van der Waals surface area contributed by atoms with Crippen LogP contribution in [0.4, 0.5) is 4.79 Å². The van der Waals surface area contributed by atoms with Gasteiger partial charge in [-0.25, -0.2) is 9.59 Å². The van der Waals surface area contributed by atoms with Gasteiger partial charge < -0.3 is 15.5 Å². The van der Waals surface area contributed by atoms with Gasteiger partial charge in [-0.05, 0) is 12.8 Å². The van der Waals surface area contributed by atoms with E-state index in [9.17, 15) is 9.59 Å². The third kappa shape index (κ3) is 5.28. The normalized spacial score (nSPS) is 9.00. The molecule has 5 nitrogen and oxygen atoms in total. The number of aliphatic carboxylic acids is 1. The summed E-state index contributed by atoms with van der Waals surface area (Å²) >= 11 is 0. The zero-order valence-corrected chi connectivity index (χ0v) is 6.54. The Balaban J connectivity index is 3.38. The molecular weight excluding hydrogens is 162 g/mol. The molecule has 0 rings (SSSR count). The topological polar surface area (TPSA) is 86.6 Å². The van der Waals surface area contributed by atoms with Gasteiger partial charge >= 0.3 is 12.1 Å². The average Bonchev–Trinajstić information content (AvgIpc) is 1.97. The molecule has 0 spiro atoms. The maximum Gasteiger partial charge on any atom is 0.404 e. The van der Waals surface area contributed by atoms with Crippen LogP contribution in [0.25, 0.3) is 0 Å². The summed E-state index contributed by atoms with van der Waals surface area (Å²) in [5.41, 5.74) is 0.0992. The molecule has 0 atom stereocenters. The first kappa shape index (κ1) is 10.5. The molecule has 0 aliphatic carbocycles. The molecule has 0 aliphatic heterocycles.